The maximum atomic E-state index is 12.5. The van der Waals surface area contributed by atoms with Crippen molar-refractivity contribution in [1.82, 2.24) is 9.55 Å². The van der Waals surface area contributed by atoms with Crippen molar-refractivity contribution in [2.75, 3.05) is 5.32 Å². The van der Waals surface area contributed by atoms with Gasteiger partial charge in [0.1, 0.15) is 5.82 Å². The summed E-state index contributed by atoms with van der Waals surface area (Å²) in [6.07, 6.45) is 5.73. The van der Waals surface area contributed by atoms with Gasteiger partial charge < -0.3 is 9.88 Å². The molecule has 0 spiro atoms. The maximum absolute atomic E-state index is 12.5. The van der Waals surface area contributed by atoms with Crippen molar-refractivity contribution in [2.24, 2.45) is 0 Å². The molecule has 0 fully saturated rings. The first-order valence-corrected chi connectivity index (χ1v) is 8.49. The van der Waals surface area contributed by atoms with Crippen LogP contribution in [0.3, 0.4) is 0 Å². The van der Waals surface area contributed by atoms with Crippen molar-refractivity contribution in [2.45, 2.75) is 39.3 Å². The predicted molar refractivity (Wildman–Crippen MR) is 97.7 cm³/mol. The van der Waals surface area contributed by atoms with E-state index in [0.717, 1.165) is 41.7 Å². The molecule has 2 heterocycles. The van der Waals surface area contributed by atoms with Crippen LogP contribution in [0.2, 0.25) is 0 Å². The Morgan fingerprint density at radius 1 is 1.25 bits per heavy atom. The molecule has 0 saturated carbocycles. The third-order valence-corrected chi connectivity index (χ3v) is 4.89. The first-order valence-electron chi connectivity index (χ1n) is 8.49. The van der Waals surface area contributed by atoms with Gasteiger partial charge in [-0.3, -0.25) is 4.79 Å². The summed E-state index contributed by atoms with van der Waals surface area (Å²) >= 11 is 0. The third-order valence-electron chi connectivity index (χ3n) is 4.89. The van der Waals surface area contributed by atoms with E-state index in [1.165, 1.54) is 11.1 Å². The van der Waals surface area contributed by atoms with Gasteiger partial charge in [0.25, 0.3) is 0 Å². The highest BCUT2D eigenvalue weighted by Gasteiger charge is 2.21. The lowest BCUT2D eigenvalue weighted by Gasteiger charge is -2.15. The molecule has 0 bridgehead atoms. The van der Waals surface area contributed by atoms with E-state index in [1.54, 1.807) is 0 Å². The SMILES string of the molecule is CCn1cc(C)c(=O)c2cc(NC3Cc4ccccc4C3)ncc21. The summed E-state index contributed by atoms with van der Waals surface area (Å²) in [6, 6.07) is 10.8. The molecule has 1 aromatic carbocycles. The van der Waals surface area contributed by atoms with Crippen LogP contribution in [0.5, 0.6) is 0 Å². The molecular weight excluding hydrogens is 298 g/mol. The van der Waals surface area contributed by atoms with Crippen LogP contribution in [-0.2, 0) is 19.4 Å². The fourth-order valence-electron chi connectivity index (χ4n) is 3.64. The van der Waals surface area contributed by atoms with Crippen LogP contribution < -0.4 is 10.7 Å². The normalized spacial score (nSPS) is 14.1. The Bertz CT molecular complexity index is 949. The zero-order valence-electron chi connectivity index (χ0n) is 14.0. The number of benzene rings is 1. The molecule has 1 aliphatic rings. The Hall–Kier alpha value is -2.62. The fourth-order valence-corrected chi connectivity index (χ4v) is 3.64. The highest BCUT2D eigenvalue weighted by Crippen LogP contribution is 2.24. The Balaban J connectivity index is 1.67. The van der Waals surface area contributed by atoms with E-state index in [4.69, 9.17) is 0 Å². The average Bonchev–Trinajstić information content (AvgIpc) is 3.00. The summed E-state index contributed by atoms with van der Waals surface area (Å²) in [5.74, 6) is 0.783. The molecule has 1 N–H and O–H groups in total. The topological polar surface area (TPSA) is 46.9 Å². The summed E-state index contributed by atoms with van der Waals surface area (Å²) in [7, 11) is 0. The smallest absolute Gasteiger partial charge is 0.192 e. The Kier molecular flexibility index (Phi) is 3.60. The van der Waals surface area contributed by atoms with Gasteiger partial charge in [-0.25, -0.2) is 4.98 Å². The molecule has 4 rings (SSSR count). The van der Waals surface area contributed by atoms with Crippen LogP contribution in [0.4, 0.5) is 5.82 Å². The molecule has 4 heteroatoms. The second kappa shape index (κ2) is 5.78. The van der Waals surface area contributed by atoms with Crippen molar-refractivity contribution in [1.29, 1.82) is 0 Å². The molecule has 24 heavy (non-hydrogen) atoms. The number of anilines is 1. The molecule has 2 aromatic heterocycles. The molecule has 0 radical (unpaired) electrons. The average molecular weight is 319 g/mol. The van der Waals surface area contributed by atoms with Gasteiger partial charge in [0.05, 0.1) is 17.1 Å². The van der Waals surface area contributed by atoms with Crippen molar-refractivity contribution in [3.8, 4) is 0 Å². The van der Waals surface area contributed by atoms with E-state index in [2.05, 4.69) is 46.1 Å². The molecule has 0 unspecified atom stereocenters. The van der Waals surface area contributed by atoms with Gasteiger partial charge in [0.2, 0.25) is 0 Å². The quantitative estimate of drug-likeness (QED) is 0.806. The van der Waals surface area contributed by atoms with Crippen molar-refractivity contribution in [3.63, 3.8) is 0 Å². The number of aryl methyl sites for hydroxylation is 2. The van der Waals surface area contributed by atoms with Crippen LogP contribution in [0, 0.1) is 6.92 Å². The molecule has 3 aromatic rings. The van der Waals surface area contributed by atoms with Gasteiger partial charge in [-0.05, 0) is 43.9 Å². The largest absolute Gasteiger partial charge is 0.367 e. The zero-order chi connectivity index (χ0) is 16.7. The van der Waals surface area contributed by atoms with E-state index < -0.39 is 0 Å². The van der Waals surface area contributed by atoms with E-state index in [1.807, 2.05) is 25.4 Å². The lowest BCUT2D eigenvalue weighted by Crippen LogP contribution is -2.21. The van der Waals surface area contributed by atoms with Crippen LogP contribution in [-0.4, -0.2) is 15.6 Å². The molecule has 122 valence electrons. The third kappa shape index (κ3) is 2.48. The minimum absolute atomic E-state index is 0.0925. The number of hydrogen-bond acceptors (Lipinski definition) is 3. The van der Waals surface area contributed by atoms with Crippen LogP contribution >= 0.6 is 0 Å². The molecular formula is C20H21N3O. The first-order chi connectivity index (χ1) is 11.7. The first kappa shape index (κ1) is 14.9. The maximum Gasteiger partial charge on any atom is 0.192 e. The summed E-state index contributed by atoms with van der Waals surface area (Å²) < 4.78 is 2.08. The van der Waals surface area contributed by atoms with Gasteiger partial charge in [-0.1, -0.05) is 24.3 Å². The number of nitrogens with one attached hydrogen (secondary N) is 1. The number of fused-ring (bicyclic) bond motifs is 2. The molecule has 0 saturated heterocycles. The Labute approximate surface area is 141 Å². The highest BCUT2D eigenvalue weighted by atomic mass is 16.1. The second-order valence-corrected chi connectivity index (χ2v) is 6.53. The van der Waals surface area contributed by atoms with Crippen LogP contribution in [0.25, 0.3) is 10.9 Å². The van der Waals surface area contributed by atoms with E-state index in [9.17, 15) is 4.79 Å². The van der Waals surface area contributed by atoms with Gasteiger partial charge in [-0.15, -0.1) is 0 Å². The predicted octanol–water partition coefficient (Wildman–Crippen LogP) is 3.30. The highest BCUT2D eigenvalue weighted by molar-refractivity contribution is 5.81. The zero-order valence-corrected chi connectivity index (χ0v) is 14.0. The number of hydrogen-bond donors (Lipinski definition) is 1. The summed E-state index contributed by atoms with van der Waals surface area (Å²) in [4.78, 5) is 17.0. The van der Waals surface area contributed by atoms with E-state index in [0.29, 0.717) is 6.04 Å². The van der Waals surface area contributed by atoms with Gasteiger partial charge in [-0.2, -0.15) is 0 Å². The lowest BCUT2D eigenvalue weighted by molar-refractivity contribution is 0.766. The van der Waals surface area contributed by atoms with E-state index >= 15 is 0 Å². The van der Waals surface area contributed by atoms with Crippen molar-refractivity contribution >= 4 is 16.7 Å². The minimum atomic E-state index is 0.0925. The lowest BCUT2D eigenvalue weighted by atomic mass is 10.1. The molecule has 0 atom stereocenters. The molecule has 4 nitrogen and oxygen atoms in total. The summed E-state index contributed by atoms with van der Waals surface area (Å²) in [6.45, 7) is 4.77. The molecule has 1 aliphatic carbocycles. The van der Waals surface area contributed by atoms with Gasteiger partial charge in [0.15, 0.2) is 5.43 Å². The Morgan fingerprint density at radius 3 is 2.62 bits per heavy atom. The van der Waals surface area contributed by atoms with Crippen molar-refractivity contribution < 1.29 is 0 Å². The molecule has 0 amide bonds. The second-order valence-electron chi connectivity index (χ2n) is 6.53. The fraction of sp³-hybridized carbons (Fsp3) is 0.300. The Morgan fingerprint density at radius 2 is 1.96 bits per heavy atom. The van der Waals surface area contributed by atoms with Crippen LogP contribution in [0.1, 0.15) is 23.6 Å². The summed E-state index contributed by atoms with van der Waals surface area (Å²) in [5, 5.41) is 4.25. The standard InChI is InChI=1S/C20H21N3O/c1-3-23-12-13(2)20(24)17-10-19(21-11-18(17)23)22-16-8-14-6-4-5-7-15(14)9-16/h4-7,10-12,16H,3,8-9H2,1-2H3,(H,21,22). The van der Waals surface area contributed by atoms with Crippen molar-refractivity contribution in [3.05, 3.63) is 69.6 Å². The van der Waals surface area contributed by atoms with Gasteiger partial charge in [0, 0.05) is 24.3 Å². The van der Waals surface area contributed by atoms with E-state index in [-0.39, 0.29) is 5.43 Å². The number of pyridine rings is 2. The monoisotopic (exact) mass is 319 g/mol. The minimum Gasteiger partial charge on any atom is -0.367 e. The van der Waals surface area contributed by atoms with Crippen LogP contribution in [0.15, 0.2) is 47.5 Å². The molecule has 0 aliphatic heterocycles. The number of rotatable bonds is 3. The number of aromatic nitrogens is 2. The van der Waals surface area contributed by atoms with Gasteiger partial charge >= 0.3 is 0 Å². The summed E-state index contributed by atoms with van der Waals surface area (Å²) in [5.41, 5.74) is 4.57. The number of nitrogens with zero attached hydrogens (tertiary/aromatic N) is 2.